The Labute approximate surface area is 124 Å². The SMILES string of the molecule is Nc1c2c(nc3ccccc13)C(c1ccccc1)CCC2. The number of anilines is 1. The average molecular weight is 274 g/mol. The molecule has 0 radical (unpaired) electrons. The minimum absolute atomic E-state index is 0.377. The number of nitrogens with two attached hydrogens (primary N) is 1. The minimum Gasteiger partial charge on any atom is -0.398 e. The van der Waals surface area contributed by atoms with Crippen LogP contribution >= 0.6 is 0 Å². The maximum atomic E-state index is 6.44. The van der Waals surface area contributed by atoms with Crippen molar-refractivity contribution in [1.29, 1.82) is 0 Å². The van der Waals surface area contributed by atoms with E-state index in [9.17, 15) is 0 Å². The first kappa shape index (κ1) is 12.4. The van der Waals surface area contributed by atoms with Crippen LogP contribution in [0.2, 0.25) is 0 Å². The number of hydrogen-bond donors (Lipinski definition) is 1. The summed E-state index contributed by atoms with van der Waals surface area (Å²) in [6.07, 6.45) is 3.38. The molecule has 1 aliphatic carbocycles. The van der Waals surface area contributed by atoms with E-state index in [4.69, 9.17) is 10.7 Å². The third-order valence-electron chi connectivity index (χ3n) is 4.52. The number of rotatable bonds is 1. The molecule has 0 bridgehead atoms. The Bertz CT molecular complexity index is 793. The van der Waals surface area contributed by atoms with Crippen molar-refractivity contribution in [2.45, 2.75) is 25.2 Å². The molecule has 4 rings (SSSR count). The van der Waals surface area contributed by atoms with Crippen LogP contribution in [-0.4, -0.2) is 4.98 Å². The van der Waals surface area contributed by atoms with Gasteiger partial charge in [-0.25, -0.2) is 0 Å². The third-order valence-corrected chi connectivity index (χ3v) is 4.52. The van der Waals surface area contributed by atoms with Crippen LogP contribution in [0.4, 0.5) is 5.69 Å². The van der Waals surface area contributed by atoms with E-state index < -0.39 is 0 Å². The summed E-state index contributed by atoms with van der Waals surface area (Å²) in [5, 5.41) is 1.09. The zero-order chi connectivity index (χ0) is 14.2. The molecule has 21 heavy (non-hydrogen) atoms. The van der Waals surface area contributed by atoms with Gasteiger partial charge in [-0.05, 0) is 36.5 Å². The van der Waals surface area contributed by atoms with Crippen molar-refractivity contribution in [3.63, 3.8) is 0 Å². The Kier molecular flexibility index (Phi) is 2.88. The molecule has 2 heteroatoms. The zero-order valence-corrected chi connectivity index (χ0v) is 11.9. The lowest BCUT2D eigenvalue weighted by molar-refractivity contribution is 0.603. The molecule has 1 heterocycles. The lowest BCUT2D eigenvalue weighted by Crippen LogP contribution is -2.15. The number of aromatic nitrogens is 1. The molecule has 0 saturated carbocycles. The molecule has 2 aromatic carbocycles. The van der Waals surface area contributed by atoms with Gasteiger partial charge < -0.3 is 5.73 Å². The standard InChI is InChI=1S/C19H18N2/c20-18-15-9-4-5-12-17(15)21-19-14(10-6-11-16(18)19)13-7-2-1-3-8-13/h1-5,7-9,12,14H,6,10-11H2,(H2,20,21). The molecule has 1 atom stereocenters. The molecule has 2 N–H and O–H groups in total. The molecule has 1 aromatic heterocycles. The maximum Gasteiger partial charge on any atom is 0.0726 e. The topological polar surface area (TPSA) is 38.9 Å². The van der Waals surface area contributed by atoms with Gasteiger partial charge in [0.25, 0.3) is 0 Å². The van der Waals surface area contributed by atoms with Gasteiger partial charge >= 0.3 is 0 Å². The van der Waals surface area contributed by atoms with Crippen molar-refractivity contribution in [2.24, 2.45) is 0 Å². The first-order valence-electron chi connectivity index (χ1n) is 7.56. The quantitative estimate of drug-likeness (QED) is 0.719. The minimum atomic E-state index is 0.377. The van der Waals surface area contributed by atoms with Crippen molar-refractivity contribution in [2.75, 3.05) is 5.73 Å². The second-order valence-electron chi connectivity index (χ2n) is 5.76. The monoisotopic (exact) mass is 274 g/mol. The molecule has 1 aliphatic rings. The molecule has 0 fully saturated rings. The summed E-state index contributed by atoms with van der Waals surface area (Å²) in [6.45, 7) is 0. The molecule has 0 spiro atoms. The molecule has 1 unspecified atom stereocenters. The van der Waals surface area contributed by atoms with Crippen molar-refractivity contribution in [3.8, 4) is 0 Å². The highest BCUT2D eigenvalue weighted by Crippen LogP contribution is 2.39. The number of hydrogen-bond acceptors (Lipinski definition) is 2. The fourth-order valence-electron chi connectivity index (χ4n) is 3.48. The van der Waals surface area contributed by atoms with E-state index in [2.05, 4.69) is 42.5 Å². The summed E-state index contributed by atoms with van der Waals surface area (Å²) >= 11 is 0. The Hall–Kier alpha value is -2.35. The number of para-hydroxylation sites is 1. The highest BCUT2D eigenvalue weighted by molar-refractivity contribution is 5.92. The van der Waals surface area contributed by atoms with Gasteiger partial charge in [-0.3, -0.25) is 4.98 Å². The second-order valence-corrected chi connectivity index (χ2v) is 5.76. The predicted octanol–water partition coefficient (Wildman–Crippen LogP) is 4.29. The zero-order valence-electron chi connectivity index (χ0n) is 11.9. The Morgan fingerprint density at radius 2 is 1.71 bits per heavy atom. The van der Waals surface area contributed by atoms with E-state index in [-0.39, 0.29) is 0 Å². The van der Waals surface area contributed by atoms with E-state index in [0.717, 1.165) is 29.4 Å². The van der Waals surface area contributed by atoms with Crippen LogP contribution in [0.5, 0.6) is 0 Å². The highest BCUT2D eigenvalue weighted by Gasteiger charge is 2.25. The van der Waals surface area contributed by atoms with Gasteiger partial charge in [-0.2, -0.15) is 0 Å². The smallest absolute Gasteiger partial charge is 0.0726 e. The Morgan fingerprint density at radius 3 is 2.57 bits per heavy atom. The summed E-state index contributed by atoms with van der Waals surface area (Å²) < 4.78 is 0. The van der Waals surface area contributed by atoms with E-state index in [0.29, 0.717) is 5.92 Å². The number of pyridine rings is 1. The Morgan fingerprint density at radius 1 is 0.952 bits per heavy atom. The van der Waals surface area contributed by atoms with Crippen LogP contribution in [0.25, 0.3) is 10.9 Å². The van der Waals surface area contributed by atoms with Gasteiger partial charge in [0.2, 0.25) is 0 Å². The van der Waals surface area contributed by atoms with Crippen molar-refractivity contribution < 1.29 is 0 Å². The van der Waals surface area contributed by atoms with Crippen LogP contribution in [0.1, 0.15) is 35.6 Å². The van der Waals surface area contributed by atoms with Crippen LogP contribution in [0, 0.1) is 0 Å². The normalized spacial score (nSPS) is 17.6. The van der Waals surface area contributed by atoms with Crippen molar-refractivity contribution >= 4 is 16.6 Å². The maximum absolute atomic E-state index is 6.44. The van der Waals surface area contributed by atoms with E-state index in [1.165, 1.54) is 23.2 Å². The van der Waals surface area contributed by atoms with Crippen LogP contribution in [-0.2, 0) is 6.42 Å². The largest absolute Gasteiger partial charge is 0.398 e. The van der Waals surface area contributed by atoms with Crippen LogP contribution in [0.15, 0.2) is 54.6 Å². The van der Waals surface area contributed by atoms with E-state index in [1.54, 1.807) is 0 Å². The highest BCUT2D eigenvalue weighted by atomic mass is 14.8. The van der Waals surface area contributed by atoms with Gasteiger partial charge in [0, 0.05) is 17.0 Å². The predicted molar refractivity (Wildman–Crippen MR) is 87.4 cm³/mol. The van der Waals surface area contributed by atoms with Gasteiger partial charge in [0.15, 0.2) is 0 Å². The van der Waals surface area contributed by atoms with Crippen molar-refractivity contribution in [3.05, 3.63) is 71.4 Å². The molecular formula is C19H18N2. The molecule has 3 aromatic rings. The third kappa shape index (κ3) is 1.99. The molecule has 0 amide bonds. The number of fused-ring (bicyclic) bond motifs is 2. The summed E-state index contributed by atoms with van der Waals surface area (Å²) in [5.74, 6) is 0.377. The molecular weight excluding hydrogens is 256 g/mol. The molecule has 0 aliphatic heterocycles. The number of nitrogen functional groups attached to an aromatic ring is 1. The van der Waals surface area contributed by atoms with Gasteiger partial charge in [0.05, 0.1) is 11.2 Å². The lowest BCUT2D eigenvalue weighted by Gasteiger charge is -2.26. The van der Waals surface area contributed by atoms with E-state index >= 15 is 0 Å². The molecule has 2 nitrogen and oxygen atoms in total. The second kappa shape index (κ2) is 4.88. The van der Waals surface area contributed by atoms with Gasteiger partial charge in [-0.15, -0.1) is 0 Å². The summed E-state index contributed by atoms with van der Waals surface area (Å²) in [6, 6.07) is 18.9. The Balaban J connectivity index is 1.95. The average Bonchev–Trinajstić information content (AvgIpc) is 2.56. The fraction of sp³-hybridized carbons (Fsp3) is 0.211. The lowest BCUT2D eigenvalue weighted by atomic mass is 9.81. The fourth-order valence-corrected chi connectivity index (χ4v) is 3.48. The van der Waals surface area contributed by atoms with Crippen LogP contribution in [0.3, 0.4) is 0 Å². The van der Waals surface area contributed by atoms with Gasteiger partial charge in [-0.1, -0.05) is 48.5 Å². The molecule has 104 valence electrons. The first-order chi connectivity index (χ1) is 10.3. The summed E-state index contributed by atoms with van der Waals surface area (Å²) in [5.41, 5.74) is 12.2. The molecule has 0 saturated heterocycles. The van der Waals surface area contributed by atoms with Crippen molar-refractivity contribution in [1.82, 2.24) is 4.98 Å². The number of benzene rings is 2. The number of nitrogens with zero attached hydrogens (tertiary/aromatic N) is 1. The summed E-state index contributed by atoms with van der Waals surface area (Å²) in [4.78, 5) is 4.95. The summed E-state index contributed by atoms with van der Waals surface area (Å²) in [7, 11) is 0. The van der Waals surface area contributed by atoms with Gasteiger partial charge in [0.1, 0.15) is 0 Å². The van der Waals surface area contributed by atoms with Crippen LogP contribution < -0.4 is 5.73 Å². The first-order valence-corrected chi connectivity index (χ1v) is 7.56. The van der Waals surface area contributed by atoms with E-state index in [1.807, 2.05) is 12.1 Å².